The number of ether oxygens (including phenoxy) is 3. The Balaban J connectivity index is 2.24. The fraction of sp³-hybridized carbons (Fsp3) is 0.333. The molecule has 0 radical (unpaired) electrons. The molecule has 0 saturated heterocycles. The van der Waals surface area contributed by atoms with Gasteiger partial charge >= 0.3 is 0 Å². The van der Waals surface area contributed by atoms with Crippen molar-refractivity contribution in [3.63, 3.8) is 0 Å². The van der Waals surface area contributed by atoms with E-state index in [1.165, 1.54) is 0 Å². The molecule has 0 amide bonds. The van der Waals surface area contributed by atoms with E-state index in [1.807, 2.05) is 37.3 Å². The normalized spacial score (nSPS) is 18.0. The Kier molecular flexibility index (Phi) is 5.28. The Hall–Kier alpha value is -2.20. The van der Waals surface area contributed by atoms with Crippen LogP contribution in [0.1, 0.15) is 17.5 Å². The van der Waals surface area contributed by atoms with Gasteiger partial charge in [0.05, 0.1) is 21.3 Å². The van der Waals surface area contributed by atoms with E-state index in [4.69, 9.17) is 14.2 Å². The third-order valence-electron chi connectivity index (χ3n) is 3.72. The lowest BCUT2D eigenvalue weighted by molar-refractivity contribution is 0.127. The highest BCUT2D eigenvalue weighted by Crippen LogP contribution is 2.30. The second kappa shape index (κ2) is 7.18. The molecule has 1 aromatic rings. The largest absolute Gasteiger partial charge is 0.498 e. The van der Waals surface area contributed by atoms with Crippen LogP contribution in [-0.4, -0.2) is 32.5 Å². The van der Waals surface area contributed by atoms with E-state index in [2.05, 4.69) is 0 Å². The molecule has 22 heavy (non-hydrogen) atoms. The molecule has 1 aromatic carbocycles. The maximum atomic E-state index is 9.93. The topological polar surface area (TPSA) is 47.9 Å². The second-order valence-corrected chi connectivity index (χ2v) is 5.12. The first-order chi connectivity index (χ1) is 10.6. The lowest BCUT2D eigenvalue weighted by Crippen LogP contribution is -2.14. The van der Waals surface area contributed by atoms with Crippen LogP contribution in [-0.2, 0) is 4.74 Å². The zero-order valence-corrected chi connectivity index (χ0v) is 13.4. The molecule has 1 N–H and O–H groups in total. The number of aliphatic hydroxyl groups is 1. The van der Waals surface area contributed by atoms with Gasteiger partial charge in [-0.1, -0.05) is 18.2 Å². The van der Waals surface area contributed by atoms with Crippen molar-refractivity contribution in [2.45, 2.75) is 19.4 Å². The number of allylic oxidation sites excluding steroid dienone is 3. The van der Waals surface area contributed by atoms with Crippen molar-refractivity contribution in [1.29, 1.82) is 0 Å². The van der Waals surface area contributed by atoms with Gasteiger partial charge in [0, 0.05) is 12.0 Å². The van der Waals surface area contributed by atoms with Crippen LogP contribution in [0, 0.1) is 6.92 Å². The molecule has 0 spiro atoms. The Morgan fingerprint density at radius 2 is 1.64 bits per heavy atom. The van der Waals surface area contributed by atoms with E-state index in [0.29, 0.717) is 12.2 Å². The monoisotopic (exact) mass is 302 g/mol. The van der Waals surface area contributed by atoms with Gasteiger partial charge < -0.3 is 19.3 Å². The minimum atomic E-state index is -0.586. The van der Waals surface area contributed by atoms with Crippen molar-refractivity contribution in [2.24, 2.45) is 0 Å². The van der Waals surface area contributed by atoms with Crippen LogP contribution in [0.3, 0.4) is 0 Å². The molecule has 1 aliphatic rings. The van der Waals surface area contributed by atoms with Crippen molar-refractivity contribution < 1.29 is 19.3 Å². The predicted octanol–water partition coefficient (Wildman–Crippen LogP) is 3.25. The van der Waals surface area contributed by atoms with E-state index in [-0.39, 0.29) is 0 Å². The molecule has 0 heterocycles. The standard InChI is InChI=1S/C18H22O4/c1-12-17(21-3)10-14(11-18(12)22-4)6-5-13-7-8-16(20-2)15(19)9-13/h5-8,10-11,15,19H,9H2,1-4H3/b6-5-. The van der Waals surface area contributed by atoms with Crippen LogP contribution in [0.15, 0.2) is 41.7 Å². The van der Waals surface area contributed by atoms with Crippen molar-refractivity contribution in [2.75, 3.05) is 21.3 Å². The number of methoxy groups -OCH3 is 3. The summed E-state index contributed by atoms with van der Waals surface area (Å²) in [7, 11) is 4.85. The van der Waals surface area contributed by atoms with Crippen LogP contribution in [0.4, 0.5) is 0 Å². The molecule has 0 saturated carbocycles. The van der Waals surface area contributed by atoms with Crippen LogP contribution in [0.25, 0.3) is 6.08 Å². The Bertz CT molecular complexity index is 601. The maximum Gasteiger partial charge on any atom is 0.126 e. The fourth-order valence-electron chi connectivity index (χ4n) is 2.43. The minimum absolute atomic E-state index is 0.538. The van der Waals surface area contributed by atoms with Gasteiger partial charge in [-0.15, -0.1) is 0 Å². The van der Waals surface area contributed by atoms with Crippen molar-refractivity contribution in [3.05, 3.63) is 52.8 Å². The molecule has 4 heteroatoms. The molecule has 0 aromatic heterocycles. The second-order valence-electron chi connectivity index (χ2n) is 5.12. The van der Waals surface area contributed by atoms with Crippen molar-refractivity contribution in [1.82, 2.24) is 0 Å². The number of benzene rings is 1. The zero-order valence-electron chi connectivity index (χ0n) is 13.4. The highest BCUT2D eigenvalue weighted by molar-refractivity contribution is 5.60. The fourth-order valence-corrected chi connectivity index (χ4v) is 2.43. The van der Waals surface area contributed by atoms with Crippen LogP contribution < -0.4 is 9.47 Å². The van der Waals surface area contributed by atoms with Crippen LogP contribution in [0.2, 0.25) is 0 Å². The van der Waals surface area contributed by atoms with Gasteiger partial charge in [-0.2, -0.15) is 0 Å². The summed E-state index contributed by atoms with van der Waals surface area (Å²) >= 11 is 0. The molecule has 1 aliphatic carbocycles. The van der Waals surface area contributed by atoms with Crippen LogP contribution in [0.5, 0.6) is 11.5 Å². The summed E-state index contributed by atoms with van der Waals surface area (Å²) in [5, 5.41) is 9.93. The van der Waals surface area contributed by atoms with E-state index >= 15 is 0 Å². The molecule has 4 nitrogen and oxygen atoms in total. The number of hydrogen-bond donors (Lipinski definition) is 1. The van der Waals surface area contributed by atoms with Gasteiger partial charge in [0.15, 0.2) is 0 Å². The first-order valence-corrected chi connectivity index (χ1v) is 7.12. The summed E-state index contributed by atoms with van der Waals surface area (Å²) in [6.07, 6.45) is 7.66. The summed E-state index contributed by atoms with van der Waals surface area (Å²) in [5.74, 6) is 2.17. The average molecular weight is 302 g/mol. The van der Waals surface area contributed by atoms with Crippen molar-refractivity contribution in [3.8, 4) is 11.5 Å². The average Bonchev–Trinajstić information content (AvgIpc) is 2.54. The van der Waals surface area contributed by atoms with Gasteiger partial charge in [0.2, 0.25) is 0 Å². The summed E-state index contributed by atoms with van der Waals surface area (Å²) < 4.78 is 15.8. The van der Waals surface area contributed by atoms with Crippen molar-refractivity contribution >= 4 is 6.08 Å². The number of hydrogen-bond acceptors (Lipinski definition) is 4. The van der Waals surface area contributed by atoms with Gasteiger partial charge in [-0.25, -0.2) is 0 Å². The van der Waals surface area contributed by atoms with Gasteiger partial charge in [0.25, 0.3) is 0 Å². The SMILES string of the molecule is COC1=CC=C(/C=C\c2cc(OC)c(C)c(OC)c2)CC1O. The third-order valence-corrected chi connectivity index (χ3v) is 3.72. The summed E-state index contributed by atoms with van der Waals surface area (Å²) in [4.78, 5) is 0. The molecule has 0 fully saturated rings. The zero-order chi connectivity index (χ0) is 16.1. The summed E-state index contributed by atoms with van der Waals surface area (Å²) in [5.41, 5.74) is 2.99. The minimum Gasteiger partial charge on any atom is -0.498 e. The Morgan fingerprint density at radius 1 is 1.00 bits per heavy atom. The molecule has 2 rings (SSSR count). The van der Waals surface area contributed by atoms with E-state index in [9.17, 15) is 5.11 Å². The van der Waals surface area contributed by atoms with E-state index in [0.717, 1.165) is 28.2 Å². The predicted molar refractivity (Wildman–Crippen MR) is 87.1 cm³/mol. The quantitative estimate of drug-likeness (QED) is 0.907. The van der Waals surface area contributed by atoms with Gasteiger partial charge in [-0.3, -0.25) is 0 Å². The molecular formula is C18H22O4. The molecule has 1 atom stereocenters. The highest BCUT2D eigenvalue weighted by Gasteiger charge is 2.15. The molecule has 118 valence electrons. The molecular weight excluding hydrogens is 280 g/mol. The first-order valence-electron chi connectivity index (χ1n) is 7.12. The van der Waals surface area contributed by atoms with Gasteiger partial charge in [-0.05, 0) is 36.3 Å². The smallest absolute Gasteiger partial charge is 0.126 e. The molecule has 0 bridgehead atoms. The highest BCUT2D eigenvalue weighted by atomic mass is 16.5. The molecule has 0 aliphatic heterocycles. The number of rotatable bonds is 5. The van der Waals surface area contributed by atoms with Crippen LogP contribution >= 0.6 is 0 Å². The Labute approximate surface area is 131 Å². The lowest BCUT2D eigenvalue weighted by atomic mass is 9.99. The number of aliphatic hydroxyl groups excluding tert-OH is 1. The maximum absolute atomic E-state index is 9.93. The summed E-state index contributed by atoms with van der Waals surface area (Å²) in [6, 6.07) is 3.93. The third kappa shape index (κ3) is 3.52. The Morgan fingerprint density at radius 3 is 2.14 bits per heavy atom. The first kappa shape index (κ1) is 16.2. The summed E-state index contributed by atoms with van der Waals surface area (Å²) in [6.45, 7) is 1.96. The molecule has 1 unspecified atom stereocenters. The lowest BCUT2D eigenvalue weighted by Gasteiger charge is -2.17. The van der Waals surface area contributed by atoms with E-state index in [1.54, 1.807) is 27.4 Å². The van der Waals surface area contributed by atoms with Gasteiger partial charge in [0.1, 0.15) is 23.4 Å². The van der Waals surface area contributed by atoms with E-state index < -0.39 is 6.10 Å².